The SMILES string of the molecule is CSc1cccc(NC(=O)CN(C)CC(=O)Nc2cccc(C)c2C)c1. The van der Waals surface area contributed by atoms with E-state index in [9.17, 15) is 9.59 Å². The quantitative estimate of drug-likeness (QED) is 0.731. The van der Waals surface area contributed by atoms with Crippen molar-refractivity contribution in [1.29, 1.82) is 0 Å². The number of likely N-dealkylation sites (N-methyl/N-ethyl adjacent to an activating group) is 1. The lowest BCUT2D eigenvalue weighted by Crippen LogP contribution is -2.36. The van der Waals surface area contributed by atoms with Gasteiger partial charge in [0.05, 0.1) is 13.1 Å². The van der Waals surface area contributed by atoms with Crippen LogP contribution < -0.4 is 10.6 Å². The highest BCUT2D eigenvalue weighted by atomic mass is 32.2. The van der Waals surface area contributed by atoms with E-state index in [2.05, 4.69) is 10.6 Å². The Kier molecular flexibility index (Phi) is 7.24. The van der Waals surface area contributed by atoms with Crippen molar-refractivity contribution in [2.24, 2.45) is 0 Å². The summed E-state index contributed by atoms with van der Waals surface area (Å²) < 4.78 is 0. The molecule has 2 N–H and O–H groups in total. The predicted octanol–water partition coefficient (Wildman–Crippen LogP) is 3.53. The van der Waals surface area contributed by atoms with E-state index in [0.717, 1.165) is 27.4 Å². The predicted molar refractivity (Wildman–Crippen MR) is 109 cm³/mol. The van der Waals surface area contributed by atoms with Gasteiger partial charge < -0.3 is 10.6 Å². The van der Waals surface area contributed by atoms with Gasteiger partial charge in [-0.3, -0.25) is 14.5 Å². The molecule has 6 heteroatoms. The molecule has 0 aromatic heterocycles. The first-order valence-electron chi connectivity index (χ1n) is 8.37. The van der Waals surface area contributed by atoms with Crippen LogP contribution in [0, 0.1) is 13.8 Å². The Morgan fingerprint density at radius 3 is 2.35 bits per heavy atom. The Morgan fingerprint density at radius 1 is 1.00 bits per heavy atom. The standard InChI is InChI=1S/C20H25N3O2S/c1-14-7-5-10-18(15(14)2)22-20(25)13-23(3)12-19(24)21-16-8-6-9-17(11-16)26-4/h5-11H,12-13H2,1-4H3,(H,21,24)(H,22,25). The molecule has 5 nitrogen and oxygen atoms in total. The third-order valence-electron chi connectivity index (χ3n) is 4.06. The third-order valence-corrected chi connectivity index (χ3v) is 4.78. The minimum atomic E-state index is -0.148. The van der Waals surface area contributed by atoms with Crippen LogP contribution in [0.1, 0.15) is 11.1 Å². The number of benzene rings is 2. The summed E-state index contributed by atoms with van der Waals surface area (Å²) in [6.45, 7) is 4.27. The first-order chi connectivity index (χ1) is 12.4. The number of carbonyl (C=O) groups is 2. The summed E-state index contributed by atoms with van der Waals surface area (Å²) in [6, 6.07) is 13.5. The van der Waals surface area contributed by atoms with Gasteiger partial charge >= 0.3 is 0 Å². The molecule has 0 unspecified atom stereocenters. The van der Waals surface area contributed by atoms with Crippen LogP contribution in [-0.2, 0) is 9.59 Å². The Bertz CT molecular complexity index is 792. The van der Waals surface area contributed by atoms with Crippen LogP contribution in [0.2, 0.25) is 0 Å². The van der Waals surface area contributed by atoms with E-state index < -0.39 is 0 Å². The number of carbonyl (C=O) groups excluding carboxylic acids is 2. The molecule has 138 valence electrons. The van der Waals surface area contributed by atoms with E-state index in [4.69, 9.17) is 0 Å². The van der Waals surface area contributed by atoms with E-state index in [-0.39, 0.29) is 24.9 Å². The molecule has 0 aliphatic carbocycles. The summed E-state index contributed by atoms with van der Waals surface area (Å²) in [6.07, 6.45) is 1.99. The highest BCUT2D eigenvalue weighted by Crippen LogP contribution is 2.19. The van der Waals surface area contributed by atoms with Crippen molar-refractivity contribution in [2.75, 3.05) is 37.0 Å². The molecule has 2 rings (SSSR count). The van der Waals surface area contributed by atoms with E-state index in [1.165, 1.54) is 0 Å². The minimum absolute atomic E-state index is 0.140. The number of amides is 2. The number of nitrogens with zero attached hydrogens (tertiary/aromatic N) is 1. The maximum absolute atomic E-state index is 12.2. The second-order valence-corrected chi connectivity index (χ2v) is 7.13. The van der Waals surface area contributed by atoms with Crippen molar-refractivity contribution in [2.45, 2.75) is 18.7 Å². The third kappa shape index (κ3) is 5.89. The number of nitrogens with one attached hydrogen (secondary N) is 2. The van der Waals surface area contributed by atoms with E-state index >= 15 is 0 Å². The maximum Gasteiger partial charge on any atom is 0.238 e. The van der Waals surface area contributed by atoms with Crippen LogP contribution in [0.25, 0.3) is 0 Å². The molecule has 0 saturated carbocycles. The molecule has 0 aliphatic rings. The summed E-state index contributed by atoms with van der Waals surface area (Å²) in [5.41, 5.74) is 3.75. The summed E-state index contributed by atoms with van der Waals surface area (Å²) in [4.78, 5) is 27.2. The van der Waals surface area contributed by atoms with Crippen LogP contribution in [0.3, 0.4) is 0 Å². The molecule has 0 fully saturated rings. The Labute approximate surface area is 159 Å². The summed E-state index contributed by atoms with van der Waals surface area (Å²) >= 11 is 1.62. The largest absolute Gasteiger partial charge is 0.325 e. The first-order valence-corrected chi connectivity index (χ1v) is 9.60. The molecule has 26 heavy (non-hydrogen) atoms. The molecule has 0 radical (unpaired) electrons. The number of rotatable bonds is 7. The zero-order valence-corrected chi connectivity index (χ0v) is 16.4. The molecule has 0 bridgehead atoms. The summed E-state index contributed by atoms with van der Waals surface area (Å²) in [7, 11) is 1.75. The molecule has 0 spiro atoms. The number of hydrogen-bond acceptors (Lipinski definition) is 4. The number of anilines is 2. The lowest BCUT2D eigenvalue weighted by atomic mass is 10.1. The van der Waals surface area contributed by atoms with Crippen LogP contribution in [0.5, 0.6) is 0 Å². The maximum atomic E-state index is 12.2. The van der Waals surface area contributed by atoms with E-state index in [0.29, 0.717) is 0 Å². The molecule has 0 atom stereocenters. The lowest BCUT2D eigenvalue weighted by Gasteiger charge is -2.17. The Hall–Kier alpha value is -2.31. The van der Waals surface area contributed by atoms with Crippen LogP contribution in [0.4, 0.5) is 11.4 Å². The van der Waals surface area contributed by atoms with Gasteiger partial charge in [0.15, 0.2) is 0 Å². The number of aryl methyl sites for hydroxylation is 1. The van der Waals surface area contributed by atoms with Gasteiger partial charge in [-0.2, -0.15) is 0 Å². The average Bonchev–Trinajstić information content (AvgIpc) is 2.58. The minimum Gasteiger partial charge on any atom is -0.325 e. The van der Waals surface area contributed by atoms with Gasteiger partial charge in [-0.25, -0.2) is 0 Å². The number of thioether (sulfide) groups is 1. The molecule has 0 saturated heterocycles. The van der Waals surface area contributed by atoms with Crippen LogP contribution in [0.15, 0.2) is 47.4 Å². The Morgan fingerprint density at radius 2 is 1.65 bits per heavy atom. The molecular formula is C20H25N3O2S. The van der Waals surface area contributed by atoms with Gasteiger partial charge in [0.1, 0.15) is 0 Å². The normalized spacial score (nSPS) is 10.7. The Balaban J connectivity index is 1.85. The van der Waals surface area contributed by atoms with Gasteiger partial charge in [-0.1, -0.05) is 18.2 Å². The molecule has 2 aromatic rings. The molecule has 2 aromatic carbocycles. The van der Waals surface area contributed by atoms with E-state index in [1.54, 1.807) is 23.7 Å². The summed E-state index contributed by atoms with van der Waals surface area (Å²) in [5.74, 6) is -0.288. The smallest absolute Gasteiger partial charge is 0.238 e. The van der Waals surface area contributed by atoms with Crippen molar-refractivity contribution in [1.82, 2.24) is 4.90 Å². The average molecular weight is 372 g/mol. The fourth-order valence-electron chi connectivity index (χ4n) is 2.52. The fourth-order valence-corrected chi connectivity index (χ4v) is 2.98. The highest BCUT2D eigenvalue weighted by Gasteiger charge is 2.12. The van der Waals surface area contributed by atoms with Gasteiger partial charge in [0.25, 0.3) is 0 Å². The zero-order chi connectivity index (χ0) is 19.1. The lowest BCUT2D eigenvalue weighted by molar-refractivity contribution is -0.119. The second-order valence-electron chi connectivity index (χ2n) is 6.25. The molecule has 0 heterocycles. The number of hydrogen-bond donors (Lipinski definition) is 2. The van der Waals surface area contributed by atoms with Crippen molar-refractivity contribution in [3.63, 3.8) is 0 Å². The van der Waals surface area contributed by atoms with Gasteiger partial charge in [0, 0.05) is 16.3 Å². The van der Waals surface area contributed by atoms with Crippen molar-refractivity contribution in [3.05, 3.63) is 53.6 Å². The van der Waals surface area contributed by atoms with Crippen LogP contribution >= 0.6 is 11.8 Å². The molecule has 0 aliphatic heterocycles. The fraction of sp³-hybridized carbons (Fsp3) is 0.300. The first kappa shape index (κ1) is 20.0. The second kappa shape index (κ2) is 9.40. The van der Waals surface area contributed by atoms with Crippen molar-refractivity contribution in [3.8, 4) is 0 Å². The molecular weight excluding hydrogens is 346 g/mol. The van der Waals surface area contributed by atoms with Crippen molar-refractivity contribution < 1.29 is 9.59 Å². The van der Waals surface area contributed by atoms with Gasteiger partial charge in [-0.15, -0.1) is 11.8 Å². The van der Waals surface area contributed by atoms with Gasteiger partial charge in [0.2, 0.25) is 11.8 Å². The van der Waals surface area contributed by atoms with Crippen molar-refractivity contribution >= 4 is 35.0 Å². The monoisotopic (exact) mass is 371 g/mol. The summed E-state index contributed by atoms with van der Waals surface area (Å²) in [5, 5.41) is 5.77. The zero-order valence-electron chi connectivity index (χ0n) is 15.6. The van der Waals surface area contributed by atoms with Crippen LogP contribution in [-0.4, -0.2) is 43.1 Å². The van der Waals surface area contributed by atoms with E-state index in [1.807, 2.05) is 62.6 Å². The van der Waals surface area contributed by atoms with Gasteiger partial charge in [-0.05, 0) is 62.5 Å². The topological polar surface area (TPSA) is 61.4 Å². The highest BCUT2D eigenvalue weighted by molar-refractivity contribution is 7.98. The molecule has 2 amide bonds.